The van der Waals surface area contributed by atoms with Gasteiger partial charge in [-0.05, 0) is 16.5 Å². The van der Waals surface area contributed by atoms with Crippen molar-refractivity contribution < 1.29 is 4.79 Å². The van der Waals surface area contributed by atoms with Crippen LogP contribution in [0.2, 0.25) is 0 Å². The summed E-state index contributed by atoms with van der Waals surface area (Å²) in [4.78, 5) is 15.5. The van der Waals surface area contributed by atoms with Gasteiger partial charge >= 0.3 is 0 Å². The molecule has 0 fully saturated rings. The lowest BCUT2D eigenvalue weighted by Crippen LogP contribution is -2.10. The Balaban J connectivity index is 2.13. The predicted molar refractivity (Wildman–Crippen MR) is 75.4 cm³/mol. The van der Waals surface area contributed by atoms with Crippen molar-refractivity contribution in [3.63, 3.8) is 0 Å². The van der Waals surface area contributed by atoms with E-state index in [9.17, 15) is 4.79 Å². The molecule has 1 heterocycles. The number of benzene rings is 1. The summed E-state index contributed by atoms with van der Waals surface area (Å²) in [7, 11) is 0. The minimum atomic E-state index is 0.185. The van der Waals surface area contributed by atoms with Crippen LogP contribution in [0.4, 0.5) is 0 Å². The fourth-order valence-electron chi connectivity index (χ4n) is 1.76. The first-order valence-electron chi connectivity index (χ1n) is 5.98. The van der Waals surface area contributed by atoms with Crippen LogP contribution in [-0.2, 0) is 11.8 Å². The van der Waals surface area contributed by atoms with Crippen molar-refractivity contribution in [1.29, 1.82) is 0 Å². The molecule has 0 spiro atoms. The Bertz CT molecular complexity index is 534. The molecule has 2 rings (SSSR count). The summed E-state index contributed by atoms with van der Waals surface area (Å²) in [6.45, 7) is 6.62. The van der Waals surface area contributed by atoms with Crippen molar-refractivity contribution >= 4 is 17.6 Å². The van der Waals surface area contributed by atoms with Crippen LogP contribution in [-0.4, -0.2) is 11.3 Å². The van der Waals surface area contributed by atoms with Gasteiger partial charge < -0.3 is 0 Å². The number of aldehydes is 1. The Morgan fingerprint density at radius 3 is 2.39 bits per heavy atom. The van der Waals surface area contributed by atoms with Crippen LogP contribution in [0.5, 0.6) is 0 Å². The lowest BCUT2D eigenvalue weighted by molar-refractivity contribution is 0.112. The van der Waals surface area contributed by atoms with E-state index in [1.165, 1.54) is 22.5 Å². The Morgan fingerprint density at radius 2 is 1.89 bits per heavy atom. The van der Waals surface area contributed by atoms with Gasteiger partial charge in [-0.15, -0.1) is 11.3 Å². The molecule has 0 amide bonds. The van der Waals surface area contributed by atoms with Gasteiger partial charge in [0.25, 0.3) is 0 Å². The smallest absolute Gasteiger partial charge is 0.161 e. The maximum atomic E-state index is 10.6. The predicted octanol–water partition coefficient (Wildman–Crippen LogP) is 3.84. The highest BCUT2D eigenvalue weighted by molar-refractivity contribution is 7.13. The number of carbonyl (C=O) groups is 1. The average molecular weight is 259 g/mol. The SMILES string of the molecule is CC(C)(C)c1ccc(Cc2ncc(C=O)s2)cc1. The largest absolute Gasteiger partial charge is 0.297 e. The van der Waals surface area contributed by atoms with E-state index in [2.05, 4.69) is 50.0 Å². The van der Waals surface area contributed by atoms with E-state index in [0.29, 0.717) is 4.88 Å². The summed E-state index contributed by atoms with van der Waals surface area (Å²) in [6.07, 6.45) is 3.28. The normalized spacial score (nSPS) is 11.5. The standard InChI is InChI=1S/C15H17NOS/c1-15(2,3)12-6-4-11(5-7-12)8-14-16-9-13(10-17)18-14/h4-7,9-10H,8H2,1-3H3. The molecule has 0 aliphatic carbocycles. The van der Waals surface area contributed by atoms with E-state index in [-0.39, 0.29) is 5.41 Å². The molecule has 0 aliphatic heterocycles. The van der Waals surface area contributed by atoms with Crippen molar-refractivity contribution in [2.45, 2.75) is 32.6 Å². The highest BCUT2D eigenvalue weighted by atomic mass is 32.1. The van der Waals surface area contributed by atoms with Gasteiger partial charge in [-0.3, -0.25) is 4.79 Å². The second kappa shape index (κ2) is 5.02. The van der Waals surface area contributed by atoms with Crippen LogP contribution in [0.1, 0.15) is 46.6 Å². The highest BCUT2D eigenvalue weighted by Gasteiger charge is 2.13. The van der Waals surface area contributed by atoms with Gasteiger partial charge in [0.15, 0.2) is 6.29 Å². The third-order valence-corrected chi connectivity index (χ3v) is 3.79. The molecular formula is C15H17NOS. The highest BCUT2D eigenvalue weighted by Crippen LogP contribution is 2.23. The van der Waals surface area contributed by atoms with Crippen molar-refractivity contribution in [3.05, 3.63) is 51.5 Å². The van der Waals surface area contributed by atoms with Crippen LogP contribution in [0, 0.1) is 0 Å². The minimum absolute atomic E-state index is 0.185. The molecule has 0 atom stereocenters. The summed E-state index contributed by atoms with van der Waals surface area (Å²) in [5.74, 6) is 0. The molecule has 18 heavy (non-hydrogen) atoms. The number of aromatic nitrogens is 1. The number of thiazole rings is 1. The molecule has 0 aliphatic rings. The number of nitrogens with zero attached hydrogens (tertiary/aromatic N) is 1. The van der Waals surface area contributed by atoms with Crippen molar-refractivity contribution in [3.8, 4) is 0 Å². The molecule has 2 nitrogen and oxygen atoms in total. The zero-order chi connectivity index (χ0) is 13.2. The summed E-state index contributed by atoms with van der Waals surface area (Å²) in [5, 5.41) is 0.987. The molecule has 1 aromatic carbocycles. The zero-order valence-electron chi connectivity index (χ0n) is 10.9. The van der Waals surface area contributed by atoms with Crippen molar-refractivity contribution in [1.82, 2.24) is 4.98 Å². The molecule has 0 unspecified atom stereocenters. The van der Waals surface area contributed by atoms with Crippen LogP contribution in [0.15, 0.2) is 30.5 Å². The number of hydrogen-bond donors (Lipinski definition) is 0. The van der Waals surface area contributed by atoms with E-state index in [0.717, 1.165) is 17.7 Å². The van der Waals surface area contributed by atoms with Gasteiger partial charge in [-0.2, -0.15) is 0 Å². The monoisotopic (exact) mass is 259 g/mol. The molecule has 0 saturated carbocycles. The van der Waals surface area contributed by atoms with Crippen molar-refractivity contribution in [2.24, 2.45) is 0 Å². The van der Waals surface area contributed by atoms with Gasteiger partial charge in [0.2, 0.25) is 0 Å². The van der Waals surface area contributed by atoms with Gasteiger partial charge in [-0.25, -0.2) is 4.98 Å². The first-order chi connectivity index (χ1) is 8.49. The summed E-state index contributed by atoms with van der Waals surface area (Å²) in [5.41, 5.74) is 2.75. The molecule has 2 aromatic rings. The van der Waals surface area contributed by atoms with Crippen LogP contribution < -0.4 is 0 Å². The Kier molecular flexibility index (Phi) is 3.62. The molecule has 0 bridgehead atoms. The van der Waals surface area contributed by atoms with Crippen LogP contribution >= 0.6 is 11.3 Å². The fraction of sp³-hybridized carbons (Fsp3) is 0.333. The van der Waals surface area contributed by atoms with Gasteiger partial charge in [-0.1, -0.05) is 45.0 Å². The van der Waals surface area contributed by atoms with Crippen LogP contribution in [0.3, 0.4) is 0 Å². The molecule has 94 valence electrons. The van der Waals surface area contributed by atoms with E-state index in [1.807, 2.05) is 0 Å². The van der Waals surface area contributed by atoms with Gasteiger partial charge in [0.1, 0.15) is 0 Å². The summed E-state index contributed by atoms with van der Waals surface area (Å²) >= 11 is 1.46. The van der Waals surface area contributed by atoms with Gasteiger partial charge in [0.05, 0.1) is 9.88 Å². The molecule has 0 radical (unpaired) electrons. The molecule has 3 heteroatoms. The topological polar surface area (TPSA) is 30.0 Å². The zero-order valence-corrected chi connectivity index (χ0v) is 11.8. The lowest BCUT2D eigenvalue weighted by Gasteiger charge is -2.19. The van der Waals surface area contributed by atoms with Crippen molar-refractivity contribution in [2.75, 3.05) is 0 Å². The van der Waals surface area contributed by atoms with E-state index in [1.54, 1.807) is 6.20 Å². The second-order valence-electron chi connectivity index (χ2n) is 5.40. The van der Waals surface area contributed by atoms with Crippen LogP contribution in [0.25, 0.3) is 0 Å². The third-order valence-electron chi connectivity index (χ3n) is 2.86. The second-order valence-corrected chi connectivity index (χ2v) is 6.54. The number of hydrogen-bond acceptors (Lipinski definition) is 3. The maximum absolute atomic E-state index is 10.6. The molecule has 0 saturated heterocycles. The molecular weight excluding hydrogens is 242 g/mol. The third kappa shape index (κ3) is 3.05. The average Bonchev–Trinajstić information content (AvgIpc) is 2.76. The van der Waals surface area contributed by atoms with E-state index < -0.39 is 0 Å². The lowest BCUT2D eigenvalue weighted by atomic mass is 9.86. The summed E-state index contributed by atoms with van der Waals surface area (Å²) < 4.78 is 0. The van der Waals surface area contributed by atoms with E-state index >= 15 is 0 Å². The maximum Gasteiger partial charge on any atom is 0.161 e. The van der Waals surface area contributed by atoms with E-state index in [4.69, 9.17) is 0 Å². The Hall–Kier alpha value is -1.48. The Morgan fingerprint density at radius 1 is 1.22 bits per heavy atom. The quantitative estimate of drug-likeness (QED) is 0.784. The number of rotatable bonds is 3. The number of carbonyl (C=O) groups excluding carboxylic acids is 1. The first-order valence-corrected chi connectivity index (χ1v) is 6.80. The summed E-state index contributed by atoms with van der Waals surface area (Å²) in [6, 6.07) is 8.62. The fourth-order valence-corrected chi connectivity index (χ4v) is 2.53. The molecule has 0 N–H and O–H groups in total. The Labute approximate surface area is 112 Å². The first kappa shape index (κ1) is 13.0. The van der Waals surface area contributed by atoms with Gasteiger partial charge in [0, 0.05) is 12.6 Å². The molecule has 1 aromatic heterocycles. The minimum Gasteiger partial charge on any atom is -0.297 e.